The van der Waals surface area contributed by atoms with Crippen LogP contribution in [-0.2, 0) is 0 Å². The summed E-state index contributed by atoms with van der Waals surface area (Å²) >= 11 is 3.47. The van der Waals surface area contributed by atoms with Gasteiger partial charge in [0.05, 0.1) is 23.6 Å². The Morgan fingerprint density at radius 1 is 1.12 bits per heavy atom. The number of nitrogens with zero attached hydrogens (tertiary/aromatic N) is 3. The van der Waals surface area contributed by atoms with Gasteiger partial charge in [0.1, 0.15) is 5.82 Å². The van der Waals surface area contributed by atoms with Gasteiger partial charge in [0, 0.05) is 16.1 Å². The molecule has 3 nitrogen and oxygen atoms in total. The maximum absolute atomic E-state index is 4.22. The second kappa shape index (κ2) is 3.96. The highest BCUT2D eigenvalue weighted by molar-refractivity contribution is 9.10. The summed E-state index contributed by atoms with van der Waals surface area (Å²) in [5.41, 5.74) is 2.13. The fraction of sp³-hybridized carbons (Fsp3) is 0.0769. The molecular formula is C13H10BrN3. The van der Waals surface area contributed by atoms with Crippen molar-refractivity contribution < 1.29 is 0 Å². The van der Waals surface area contributed by atoms with Crippen molar-refractivity contribution in [3.8, 4) is 5.69 Å². The molecule has 0 N–H and O–H groups in total. The predicted octanol–water partition coefficient (Wildman–Crippen LogP) is 3.49. The first-order chi connectivity index (χ1) is 8.24. The lowest BCUT2D eigenvalue weighted by Gasteiger charge is -2.04. The highest BCUT2D eigenvalue weighted by Crippen LogP contribution is 2.23. The molecule has 84 valence electrons. The van der Waals surface area contributed by atoms with E-state index in [0.717, 1.165) is 21.5 Å². The normalized spacial score (nSPS) is 10.9. The minimum Gasteiger partial charge on any atom is -0.314 e. The van der Waals surface area contributed by atoms with Gasteiger partial charge in [-0.15, -0.1) is 0 Å². The average molecular weight is 288 g/mol. The van der Waals surface area contributed by atoms with Crippen LogP contribution in [0.5, 0.6) is 0 Å². The van der Waals surface area contributed by atoms with E-state index < -0.39 is 0 Å². The average Bonchev–Trinajstić information content (AvgIpc) is 2.73. The van der Waals surface area contributed by atoms with Crippen LogP contribution in [0.25, 0.3) is 16.6 Å². The topological polar surface area (TPSA) is 30.7 Å². The van der Waals surface area contributed by atoms with Gasteiger partial charge in [-0.1, -0.05) is 15.9 Å². The summed E-state index contributed by atoms with van der Waals surface area (Å²) in [6.45, 7) is 1.88. The van der Waals surface area contributed by atoms with Crippen molar-refractivity contribution in [3.05, 3.63) is 53.2 Å². The SMILES string of the molecule is Cc1ncc(-n2ccc3cc(Br)ccc32)cn1. The van der Waals surface area contributed by atoms with Crippen molar-refractivity contribution in [3.63, 3.8) is 0 Å². The van der Waals surface area contributed by atoms with Crippen LogP contribution in [0.3, 0.4) is 0 Å². The molecule has 0 aliphatic heterocycles. The maximum Gasteiger partial charge on any atom is 0.125 e. The molecule has 2 heterocycles. The highest BCUT2D eigenvalue weighted by atomic mass is 79.9. The standard InChI is InChI=1S/C13H10BrN3/c1-9-15-7-12(8-16-9)17-5-4-10-6-11(14)2-3-13(10)17/h2-8H,1H3. The lowest BCUT2D eigenvalue weighted by Crippen LogP contribution is -1.95. The first-order valence-corrected chi connectivity index (χ1v) is 6.09. The molecule has 0 aliphatic rings. The number of rotatable bonds is 1. The zero-order valence-electron chi connectivity index (χ0n) is 9.26. The van der Waals surface area contributed by atoms with Crippen molar-refractivity contribution in [2.45, 2.75) is 6.92 Å². The Morgan fingerprint density at radius 2 is 1.88 bits per heavy atom. The lowest BCUT2D eigenvalue weighted by atomic mass is 10.2. The van der Waals surface area contributed by atoms with Crippen molar-refractivity contribution in [1.29, 1.82) is 0 Å². The minimum atomic E-state index is 0.785. The summed E-state index contributed by atoms with van der Waals surface area (Å²) in [7, 11) is 0. The van der Waals surface area contributed by atoms with Gasteiger partial charge in [0.15, 0.2) is 0 Å². The van der Waals surface area contributed by atoms with Gasteiger partial charge in [-0.25, -0.2) is 9.97 Å². The third-order valence-corrected chi connectivity index (χ3v) is 3.19. The smallest absolute Gasteiger partial charge is 0.125 e. The van der Waals surface area contributed by atoms with Gasteiger partial charge < -0.3 is 4.57 Å². The van der Waals surface area contributed by atoms with Gasteiger partial charge in [-0.2, -0.15) is 0 Å². The van der Waals surface area contributed by atoms with Crippen LogP contribution >= 0.6 is 15.9 Å². The molecule has 0 unspecified atom stereocenters. The largest absolute Gasteiger partial charge is 0.314 e. The van der Waals surface area contributed by atoms with E-state index in [2.05, 4.69) is 48.7 Å². The van der Waals surface area contributed by atoms with Crippen molar-refractivity contribution >= 4 is 26.8 Å². The van der Waals surface area contributed by atoms with Gasteiger partial charge in [0.2, 0.25) is 0 Å². The van der Waals surface area contributed by atoms with Crippen LogP contribution in [-0.4, -0.2) is 14.5 Å². The maximum atomic E-state index is 4.22. The molecule has 17 heavy (non-hydrogen) atoms. The van der Waals surface area contributed by atoms with E-state index in [1.807, 2.05) is 31.6 Å². The molecule has 4 heteroatoms. The van der Waals surface area contributed by atoms with E-state index in [1.54, 1.807) is 0 Å². The van der Waals surface area contributed by atoms with Crippen molar-refractivity contribution in [2.75, 3.05) is 0 Å². The Morgan fingerprint density at radius 3 is 2.65 bits per heavy atom. The third kappa shape index (κ3) is 1.85. The van der Waals surface area contributed by atoms with E-state index in [9.17, 15) is 0 Å². The highest BCUT2D eigenvalue weighted by Gasteiger charge is 2.04. The van der Waals surface area contributed by atoms with Crippen molar-refractivity contribution in [1.82, 2.24) is 14.5 Å². The molecule has 0 bridgehead atoms. The minimum absolute atomic E-state index is 0.785. The van der Waals surface area contributed by atoms with E-state index in [1.165, 1.54) is 5.39 Å². The molecule has 0 radical (unpaired) electrons. The Labute approximate surface area is 107 Å². The van der Waals surface area contributed by atoms with E-state index >= 15 is 0 Å². The number of aryl methyl sites for hydroxylation is 1. The zero-order chi connectivity index (χ0) is 11.8. The molecule has 1 aromatic carbocycles. The van der Waals surface area contributed by atoms with Crippen LogP contribution < -0.4 is 0 Å². The van der Waals surface area contributed by atoms with E-state index in [4.69, 9.17) is 0 Å². The number of hydrogen-bond acceptors (Lipinski definition) is 2. The Kier molecular flexibility index (Phi) is 2.44. The summed E-state index contributed by atoms with van der Waals surface area (Å²) in [6, 6.07) is 8.30. The first-order valence-electron chi connectivity index (χ1n) is 5.30. The fourth-order valence-corrected chi connectivity index (χ4v) is 2.23. The van der Waals surface area contributed by atoms with Gasteiger partial charge in [-0.05, 0) is 31.2 Å². The molecule has 0 fully saturated rings. The number of fused-ring (bicyclic) bond motifs is 1. The quantitative estimate of drug-likeness (QED) is 0.686. The van der Waals surface area contributed by atoms with Crippen LogP contribution in [0.15, 0.2) is 47.3 Å². The summed E-state index contributed by atoms with van der Waals surface area (Å²) < 4.78 is 3.17. The number of benzene rings is 1. The lowest BCUT2D eigenvalue weighted by molar-refractivity contribution is 0.997. The third-order valence-electron chi connectivity index (χ3n) is 2.70. The van der Waals surface area contributed by atoms with Gasteiger partial charge >= 0.3 is 0 Å². The molecule has 0 atom stereocenters. The van der Waals surface area contributed by atoms with Crippen LogP contribution in [0.2, 0.25) is 0 Å². The van der Waals surface area contributed by atoms with E-state index in [0.29, 0.717) is 0 Å². The molecule has 0 saturated heterocycles. The Hall–Kier alpha value is -1.68. The molecular weight excluding hydrogens is 278 g/mol. The molecule has 0 aliphatic carbocycles. The predicted molar refractivity (Wildman–Crippen MR) is 71.3 cm³/mol. The van der Waals surface area contributed by atoms with Gasteiger partial charge in [-0.3, -0.25) is 0 Å². The Balaban J connectivity index is 2.21. The Bertz CT molecular complexity index is 671. The summed E-state index contributed by atoms with van der Waals surface area (Å²) in [6.07, 6.45) is 5.71. The van der Waals surface area contributed by atoms with E-state index in [-0.39, 0.29) is 0 Å². The summed E-state index contributed by atoms with van der Waals surface area (Å²) in [4.78, 5) is 8.44. The monoisotopic (exact) mass is 287 g/mol. The number of aromatic nitrogens is 3. The molecule has 2 aromatic heterocycles. The fourth-order valence-electron chi connectivity index (χ4n) is 1.85. The molecule has 3 rings (SSSR count). The second-order valence-corrected chi connectivity index (χ2v) is 4.79. The zero-order valence-corrected chi connectivity index (χ0v) is 10.8. The summed E-state index contributed by atoms with van der Waals surface area (Å²) in [5.74, 6) is 0.785. The number of halogens is 1. The molecule has 0 spiro atoms. The van der Waals surface area contributed by atoms with Crippen LogP contribution in [0.1, 0.15) is 5.82 Å². The summed E-state index contributed by atoms with van der Waals surface area (Å²) in [5, 5.41) is 1.19. The van der Waals surface area contributed by atoms with Crippen molar-refractivity contribution in [2.24, 2.45) is 0 Å². The second-order valence-electron chi connectivity index (χ2n) is 3.88. The molecule has 0 amide bonds. The van der Waals surface area contributed by atoms with Crippen LogP contribution in [0, 0.1) is 6.92 Å². The molecule has 3 aromatic rings. The first kappa shape index (κ1) is 10.5. The number of hydrogen-bond donors (Lipinski definition) is 0. The van der Waals surface area contributed by atoms with Crippen LogP contribution in [0.4, 0.5) is 0 Å². The van der Waals surface area contributed by atoms with Gasteiger partial charge in [0.25, 0.3) is 0 Å². The molecule has 0 saturated carbocycles.